The van der Waals surface area contributed by atoms with Gasteiger partial charge in [0.25, 0.3) is 0 Å². The van der Waals surface area contributed by atoms with Crippen LogP contribution in [0.1, 0.15) is 22.4 Å². The molecule has 0 spiro atoms. The van der Waals surface area contributed by atoms with E-state index in [-0.39, 0.29) is 5.82 Å². The lowest BCUT2D eigenvalue weighted by Gasteiger charge is -2.09. The van der Waals surface area contributed by atoms with Gasteiger partial charge in [-0.1, -0.05) is 30.9 Å². The second kappa shape index (κ2) is 8.31. The maximum Gasteiger partial charge on any atom is 0.124 e. The van der Waals surface area contributed by atoms with Gasteiger partial charge in [0, 0.05) is 34.6 Å². The van der Waals surface area contributed by atoms with Crippen LogP contribution in [0.4, 0.5) is 4.39 Å². The van der Waals surface area contributed by atoms with Gasteiger partial charge in [-0.3, -0.25) is 5.10 Å². The number of aromatic nitrogens is 5. The highest BCUT2D eigenvalue weighted by Crippen LogP contribution is 2.34. The highest BCUT2D eigenvalue weighted by atomic mass is 19.1. The highest BCUT2D eigenvalue weighted by molar-refractivity contribution is 5.96. The van der Waals surface area contributed by atoms with Crippen LogP contribution in [0.3, 0.4) is 0 Å². The summed E-state index contributed by atoms with van der Waals surface area (Å²) in [6, 6.07) is 13.2. The molecule has 0 fully saturated rings. The smallest absolute Gasteiger partial charge is 0.124 e. The summed E-state index contributed by atoms with van der Waals surface area (Å²) in [5.74, 6) is -0.260. The van der Waals surface area contributed by atoms with Gasteiger partial charge >= 0.3 is 0 Å². The first kappa shape index (κ1) is 20.6. The number of nitrogens with one attached hydrogen (secondary N) is 2. The normalized spacial score (nSPS) is 11.8. The summed E-state index contributed by atoms with van der Waals surface area (Å²) in [5.41, 5.74) is 9.07. The van der Waals surface area contributed by atoms with Gasteiger partial charge in [0.05, 0.1) is 11.2 Å². The van der Waals surface area contributed by atoms with Crippen molar-refractivity contribution in [3.8, 4) is 22.5 Å². The van der Waals surface area contributed by atoms with Gasteiger partial charge in [-0.2, -0.15) is 5.10 Å². The molecule has 2 N–H and O–H groups in total. The van der Waals surface area contributed by atoms with Crippen LogP contribution in [0.5, 0.6) is 0 Å². The molecule has 6 heteroatoms. The van der Waals surface area contributed by atoms with Gasteiger partial charge in [0.15, 0.2) is 0 Å². The van der Waals surface area contributed by atoms with E-state index >= 15 is 0 Å². The van der Waals surface area contributed by atoms with Gasteiger partial charge in [-0.25, -0.2) is 14.4 Å². The Hall–Kier alpha value is -4.32. The second-order valence-electron chi connectivity index (χ2n) is 8.01. The zero-order valence-electron chi connectivity index (χ0n) is 18.4. The molecule has 33 heavy (non-hydrogen) atoms. The monoisotopic (exact) mass is 435 g/mol. The third-order valence-corrected chi connectivity index (χ3v) is 5.65. The Morgan fingerprint density at radius 1 is 1.00 bits per heavy atom. The van der Waals surface area contributed by atoms with Crippen LogP contribution in [0.2, 0.25) is 0 Å². The molecule has 3 heterocycles. The van der Waals surface area contributed by atoms with Crippen LogP contribution in [-0.2, 0) is 0 Å². The molecule has 5 rings (SSSR count). The first-order valence-corrected chi connectivity index (χ1v) is 10.6. The lowest BCUT2D eigenvalue weighted by atomic mass is 9.96. The fourth-order valence-electron chi connectivity index (χ4n) is 4.16. The molecule has 5 nitrogen and oxygen atoms in total. The number of aromatic amines is 2. The molecule has 0 radical (unpaired) electrons. The quantitative estimate of drug-likeness (QED) is 0.314. The number of rotatable bonds is 5. The van der Waals surface area contributed by atoms with Gasteiger partial charge in [-0.15, -0.1) is 0 Å². The predicted molar refractivity (Wildman–Crippen MR) is 130 cm³/mol. The van der Waals surface area contributed by atoms with Gasteiger partial charge < -0.3 is 4.98 Å². The fraction of sp³-hybridized carbons (Fsp3) is 0.0741. The molecule has 3 aromatic heterocycles. The standard InChI is InChI=1S/C27H22FN5/c1-4-5-22(19-8-16(2)9-21(28)10-19)23-12-26(31-17(23)3)27-24-11-18(6-7-25(24)32-33-27)20-13-29-15-30-14-20/h4-15,31H,1H2,2-3H3,(H,32,33)/b22-5-. The van der Waals surface area contributed by atoms with E-state index < -0.39 is 0 Å². The molecule has 0 bridgehead atoms. The Labute approximate surface area is 190 Å². The fourth-order valence-corrected chi connectivity index (χ4v) is 4.16. The van der Waals surface area contributed by atoms with E-state index in [2.05, 4.69) is 43.9 Å². The molecule has 5 aromatic rings. The molecule has 0 atom stereocenters. The Bertz CT molecular complexity index is 1490. The Kier molecular flexibility index (Phi) is 5.18. The SMILES string of the molecule is C=C/C=C(/c1cc(C)cc(F)c1)c1cc(-c2n[nH]c3ccc(-c4cncnc4)cc23)[nH]c1C. The zero-order valence-corrected chi connectivity index (χ0v) is 18.4. The number of halogens is 1. The van der Waals surface area contributed by atoms with E-state index in [0.717, 1.165) is 61.4 Å². The van der Waals surface area contributed by atoms with Crippen molar-refractivity contribution in [3.63, 3.8) is 0 Å². The number of benzene rings is 2. The van der Waals surface area contributed by atoms with Crippen molar-refractivity contribution >= 4 is 16.5 Å². The van der Waals surface area contributed by atoms with Gasteiger partial charge in [0.2, 0.25) is 0 Å². The summed E-state index contributed by atoms with van der Waals surface area (Å²) < 4.78 is 14.1. The minimum Gasteiger partial charge on any atom is -0.357 e. The summed E-state index contributed by atoms with van der Waals surface area (Å²) >= 11 is 0. The molecule has 0 saturated heterocycles. The first-order chi connectivity index (χ1) is 16.0. The summed E-state index contributed by atoms with van der Waals surface area (Å²) in [6.07, 6.45) is 8.73. The number of hydrogen-bond donors (Lipinski definition) is 2. The molecule has 162 valence electrons. The third kappa shape index (κ3) is 3.87. The summed E-state index contributed by atoms with van der Waals surface area (Å²) in [7, 11) is 0. The van der Waals surface area contributed by atoms with Crippen LogP contribution < -0.4 is 0 Å². The minimum atomic E-state index is -0.260. The van der Waals surface area contributed by atoms with Crippen LogP contribution in [0.25, 0.3) is 39.0 Å². The van der Waals surface area contributed by atoms with Crippen LogP contribution in [0, 0.1) is 19.7 Å². The topological polar surface area (TPSA) is 70.2 Å². The minimum absolute atomic E-state index is 0.260. The number of hydrogen-bond acceptors (Lipinski definition) is 3. The van der Waals surface area contributed by atoms with E-state index in [4.69, 9.17) is 0 Å². The Morgan fingerprint density at radius 3 is 2.58 bits per heavy atom. The van der Waals surface area contributed by atoms with E-state index in [9.17, 15) is 4.39 Å². The summed E-state index contributed by atoms with van der Waals surface area (Å²) in [6.45, 7) is 7.75. The van der Waals surface area contributed by atoms with Crippen molar-refractivity contribution in [1.82, 2.24) is 25.1 Å². The number of nitrogens with zero attached hydrogens (tertiary/aromatic N) is 3. The van der Waals surface area contributed by atoms with Crippen molar-refractivity contribution in [2.75, 3.05) is 0 Å². The van der Waals surface area contributed by atoms with Gasteiger partial charge in [-0.05, 0) is 66.4 Å². The predicted octanol–water partition coefficient (Wildman–Crippen LogP) is 6.39. The first-order valence-electron chi connectivity index (χ1n) is 10.6. The van der Waals surface area contributed by atoms with E-state index in [1.165, 1.54) is 12.4 Å². The molecule has 0 saturated carbocycles. The average Bonchev–Trinajstić information content (AvgIpc) is 3.40. The lowest BCUT2D eigenvalue weighted by Crippen LogP contribution is -1.91. The maximum absolute atomic E-state index is 14.1. The van der Waals surface area contributed by atoms with Crippen LogP contribution >= 0.6 is 0 Å². The third-order valence-electron chi connectivity index (χ3n) is 5.65. The van der Waals surface area contributed by atoms with E-state index in [0.29, 0.717) is 0 Å². The van der Waals surface area contributed by atoms with E-state index in [1.54, 1.807) is 24.5 Å². The number of aryl methyl sites for hydroxylation is 2. The molecule has 0 aliphatic heterocycles. The molecular formula is C27H22FN5. The lowest BCUT2D eigenvalue weighted by molar-refractivity contribution is 0.626. The molecule has 0 aliphatic carbocycles. The van der Waals surface area contributed by atoms with Crippen molar-refractivity contribution in [2.45, 2.75) is 13.8 Å². The highest BCUT2D eigenvalue weighted by Gasteiger charge is 2.17. The molecule has 0 amide bonds. The van der Waals surface area contributed by atoms with Crippen LogP contribution in [-0.4, -0.2) is 25.1 Å². The van der Waals surface area contributed by atoms with Crippen molar-refractivity contribution in [1.29, 1.82) is 0 Å². The second-order valence-corrected chi connectivity index (χ2v) is 8.01. The summed E-state index contributed by atoms with van der Waals surface area (Å²) in [4.78, 5) is 11.7. The van der Waals surface area contributed by atoms with Crippen molar-refractivity contribution in [3.05, 3.63) is 108 Å². The average molecular weight is 436 g/mol. The maximum atomic E-state index is 14.1. The van der Waals surface area contributed by atoms with Crippen molar-refractivity contribution in [2.24, 2.45) is 0 Å². The van der Waals surface area contributed by atoms with Crippen LogP contribution in [0.15, 0.2) is 79.9 Å². The van der Waals surface area contributed by atoms with Gasteiger partial charge in [0.1, 0.15) is 17.8 Å². The molecule has 0 unspecified atom stereocenters. The molecular weight excluding hydrogens is 413 g/mol. The number of allylic oxidation sites excluding steroid dienone is 2. The van der Waals surface area contributed by atoms with Crippen molar-refractivity contribution < 1.29 is 4.39 Å². The zero-order chi connectivity index (χ0) is 22.9. The number of fused-ring (bicyclic) bond motifs is 1. The number of H-pyrrole nitrogens is 2. The largest absolute Gasteiger partial charge is 0.357 e. The molecule has 0 aliphatic rings. The van der Waals surface area contributed by atoms with E-state index in [1.807, 2.05) is 38.1 Å². The Balaban J connectivity index is 1.62. The Morgan fingerprint density at radius 2 is 1.82 bits per heavy atom. The summed E-state index contributed by atoms with van der Waals surface area (Å²) in [5, 5.41) is 8.67. The molecule has 2 aromatic carbocycles.